The van der Waals surface area contributed by atoms with Gasteiger partial charge in [-0.1, -0.05) is 11.8 Å². The molecule has 1 aromatic heterocycles. The number of thiophene rings is 1. The molecule has 0 spiro atoms. The van der Waals surface area contributed by atoms with Gasteiger partial charge in [-0.2, -0.15) is 12.7 Å². The Morgan fingerprint density at radius 1 is 1.56 bits per heavy atom. The van der Waals surface area contributed by atoms with Crippen LogP contribution in [0.25, 0.3) is 0 Å². The lowest BCUT2D eigenvalue weighted by Gasteiger charge is -2.11. The molecule has 0 aliphatic rings. The van der Waals surface area contributed by atoms with Gasteiger partial charge in [-0.3, -0.25) is 0 Å². The van der Waals surface area contributed by atoms with Crippen molar-refractivity contribution in [3.63, 3.8) is 0 Å². The van der Waals surface area contributed by atoms with Crippen LogP contribution in [0.15, 0.2) is 11.4 Å². The molecule has 0 unspecified atom stereocenters. The Morgan fingerprint density at radius 2 is 2.25 bits per heavy atom. The van der Waals surface area contributed by atoms with E-state index in [4.69, 9.17) is 10.9 Å². The Balaban J connectivity index is 2.73. The highest BCUT2D eigenvalue weighted by molar-refractivity contribution is 7.86. The topological polar surface area (TPSA) is 89.4 Å². The maximum absolute atomic E-state index is 11.0. The summed E-state index contributed by atoms with van der Waals surface area (Å²) in [6.07, 6.45) is 0. The molecule has 0 bridgehead atoms. The van der Waals surface area contributed by atoms with Crippen molar-refractivity contribution in [2.75, 3.05) is 13.6 Å². The van der Waals surface area contributed by atoms with Crippen molar-refractivity contribution < 1.29 is 8.42 Å². The highest BCUT2D eigenvalue weighted by Crippen LogP contribution is 2.15. The summed E-state index contributed by atoms with van der Waals surface area (Å²) >= 11 is 1.45. The van der Waals surface area contributed by atoms with Crippen molar-refractivity contribution in [1.29, 1.82) is 0 Å². The van der Waals surface area contributed by atoms with Gasteiger partial charge in [0.15, 0.2) is 0 Å². The molecule has 7 heteroatoms. The second-order valence-electron chi connectivity index (χ2n) is 3.13. The first-order valence-corrected chi connectivity index (χ1v) is 6.82. The van der Waals surface area contributed by atoms with E-state index in [2.05, 4.69) is 11.8 Å². The van der Waals surface area contributed by atoms with E-state index >= 15 is 0 Å². The van der Waals surface area contributed by atoms with E-state index in [-0.39, 0.29) is 6.54 Å². The van der Waals surface area contributed by atoms with Crippen LogP contribution < -0.4 is 10.9 Å². The third kappa shape index (κ3) is 3.92. The van der Waals surface area contributed by atoms with Gasteiger partial charge in [0.25, 0.3) is 10.2 Å². The van der Waals surface area contributed by atoms with Crippen LogP contribution in [0.1, 0.15) is 10.4 Å². The summed E-state index contributed by atoms with van der Waals surface area (Å²) in [5.41, 5.74) is 6.11. The Hall–Kier alpha value is -0.910. The van der Waals surface area contributed by atoms with Gasteiger partial charge in [0.1, 0.15) is 0 Å². The van der Waals surface area contributed by atoms with E-state index < -0.39 is 10.2 Å². The number of nitrogens with zero attached hydrogens (tertiary/aromatic N) is 1. The first-order valence-electron chi connectivity index (χ1n) is 4.44. The predicted molar refractivity (Wildman–Crippen MR) is 64.8 cm³/mol. The summed E-state index contributed by atoms with van der Waals surface area (Å²) in [6, 6.07) is 1.83. The van der Waals surface area contributed by atoms with E-state index in [9.17, 15) is 8.42 Å². The van der Waals surface area contributed by atoms with Crippen LogP contribution in [0.5, 0.6) is 0 Å². The van der Waals surface area contributed by atoms with Crippen molar-refractivity contribution in [3.8, 4) is 11.8 Å². The van der Waals surface area contributed by atoms with Gasteiger partial charge in [-0.05, 0) is 17.0 Å². The van der Waals surface area contributed by atoms with E-state index in [1.54, 1.807) is 0 Å². The molecule has 88 valence electrons. The van der Waals surface area contributed by atoms with Gasteiger partial charge in [0, 0.05) is 13.6 Å². The first kappa shape index (κ1) is 13.2. The maximum Gasteiger partial charge on any atom is 0.276 e. The Kier molecular flexibility index (Phi) is 4.46. The van der Waals surface area contributed by atoms with Crippen LogP contribution in [0.3, 0.4) is 0 Å². The summed E-state index contributed by atoms with van der Waals surface area (Å²) < 4.78 is 23.0. The lowest BCUT2D eigenvalue weighted by atomic mass is 10.3. The molecule has 1 aromatic rings. The largest absolute Gasteiger partial charge is 0.320 e. The zero-order valence-corrected chi connectivity index (χ0v) is 10.4. The number of nitrogens with two attached hydrogens (primary N) is 2. The molecule has 0 aliphatic heterocycles. The van der Waals surface area contributed by atoms with Crippen molar-refractivity contribution in [1.82, 2.24) is 4.31 Å². The summed E-state index contributed by atoms with van der Waals surface area (Å²) in [5.74, 6) is 5.61. The van der Waals surface area contributed by atoms with Crippen LogP contribution >= 0.6 is 11.3 Å². The van der Waals surface area contributed by atoms with Crippen LogP contribution in [-0.4, -0.2) is 26.3 Å². The molecular weight excluding hydrogens is 246 g/mol. The van der Waals surface area contributed by atoms with E-state index in [0.29, 0.717) is 6.54 Å². The van der Waals surface area contributed by atoms with Crippen LogP contribution in [-0.2, 0) is 16.8 Å². The summed E-state index contributed by atoms with van der Waals surface area (Å²) in [5, 5.41) is 6.82. The highest BCUT2D eigenvalue weighted by atomic mass is 32.2. The molecule has 0 aliphatic carbocycles. The molecule has 0 amide bonds. The molecule has 0 radical (unpaired) electrons. The van der Waals surface area contributed by atoms with Crippen LogP contribution in [0.4, 0.5) is 0 Å². The standard InChI is InChI=1S/C9H13N3O2S2/c1-12(16(11,13)14)6-8-5-9(15-7-8)3-2-4-10/h5,7H,4,6,10H2,1H3,(H2,11,13,14). The molecule has 0 fully saturated rings. The summed E-state index contributed by atoms with van der Waals surface area (Å²) in [4.78, 5) is 0.864. The molecule has 16 heavy (non-hydrogen) atoms. The lowest BCUT2D eigenvalue weighted by molar-refractivity contribution is 0.468. The van der Waals surface area contributed by atoms with Crippen molar-refractivity contribution in [3.05, 3.63) is 21.9 Å². The minimum Gasteiger partial charge on any atom is -0.320 e. The van der Waals surface area contributed by atoms with Gasteiger partial charge in [0.05, 0.1) is 11.4 Å². The Labute approximate surface area is 99.2 Å². The number of hydrogen-bond donors (Lipinski definition) is 2. The van der Waals surface area contributed by atoms with Gasteiger partial charge >= 0.3 is 0 Å². The average molecular weight is 259 g/mol. The van der Waals surface area contributed by atoms with Crippen LogP contribution in [0, 0.1) is 11.8 Å². The molecule has 0 saturated carbocycles. The van der Waals surface area contributed by atoms with E-state index in [1.165, 1.54) is 18.4 Å². The van der Waals surface area contributed by atoms with Crippen molar-refractivity contribution in [2.24, 2.45) is 10.9 Å². The molecule has 1 rings (SSSR count). The van der Waals surface area contributed by atoms with E-state index in [1.807, 2.05) is 11.4 Å². The molecule has 0 saturated heterocycles. The SMILES string of the molecule is CN(Cc1csc(C#CCN)c1)S(N)(=O)=O. The van der Waals surface area contributed by atoms with Crippen molar-refractivity contribution in [2.45, 2.75) is 6.54 Å². The molecule has 5 nitrogen and oxygen atoms in total. The van der Waals surface area contributed by atoms with Gasteiger partial charge in [-0.25, -0.2) is 5.14 Å². The predicted octanol–water partition coefficient (Wildman–Crippen LogP) is -0.306. The molecule has 0 atom stereocenters. The molecular formula is C9H13N3O2S2. The zero-order valence-electron chi connectivity index (χ0n) is 8.80. The van der Waals surface area contributed by atoms with E-state index in [0.717, 1.165) is 14.7 Å². The minimum absolute atomic E-state index is 0.250. The highest BCUT2D eigenvalue weighted by Gasteiger charge is 2.12. The summed E-state index contributed by atoms with van der Waals surface area (Å²) in [6.45, 7) is 0.559. The fraction of sp³-hybridized carbons (Fsp3) is 0.333. The molecule has 0 aromatic carbocycles. The quantitative estimate of drug-likeness (QED) is 0.730. The molecule has 1 heterocycles. The first-order chi connectivity index (χ1) is 7.43. The monoisotopic (exact) mass is 259 g/mol. The Morgan fingerprint density at radius 3 is 2.81 bits per heavy atom. The third-order valence-electron chi connectivity index (χ3n) is 1.81. The normalized spacial score (nSPS) is 11.2. The second-order valence-corrected chi connectivity index (χ2v) is 5.69. The summed E-state index contributed by atoms with van der Waals surface area (Å²) in [7, 11) is -2.20. The Bertz CT molecular complexity index is 510. The fourth-order valence-corrected chi connectivity index (χ4v) is 2.11. The van der Waals surface area contributed by atoms with Gasteiger partial charge in [0.2, 0.25) is 0 Å². The zero-order chi connectivity index (χ0) is 12.2. The van der Waals surface area contributed by atoms with Crippen LogP contribution in [0.2, 0.25) is 0 Å². The minimum atomic E-state index is -3.63. The van der Waals surface area contributed by atoms with Gasteiger partial charge < -0.3 is 5.73 Å². The number of rotatable bonds is 3. The number of hydrogen-bond acceptors (Lipinski definition) is 4. The average Bonchev–Trinajstić information content (AvgIpc) is 2.61. The third-order valence-corrected chi connectivity index (χ3v) is 3.70. The van der Waals surface area contributed by atoms with Crippen molar-refractivity contribution >= 4 is 21.5 Å². The lowest BCUT2D eigenvalue weighted by Crippen LogP contribution is -2.32. The maximum atomic E-state index is 11.0. The smallest absolute Gasteiger partial charge is 0.276 e. The van der Waals surface area contributed by atoms with Gasteiger partial charge in [-0.15, -0.1) is 11.3 Å². The molecule has 4 N–H and O–H groups in total. The second kappa shape index (κ2) is 5.43. The fourth-order valence-electron chi connectivity index (χ4n) is 1.01.